The third-order valence-corrected chi connectivity index (χ3v) is 4.44. The van der Waals surface area contributed by atoms with Crippen LogP contribution in [0.4, 0.5) is 4.39 Å². The number of amides is 1. The summed E-state index contributed by atoms with van der Waals surface area (Å²) < 4.78 is 13.5. The summed E-state index contributed by atoms with van der Waals surface area (Å²) in [5.41, 5.74) is 1.34. The molecule has 21 heavy (non-hydrogen) atoms. The van der Waals surface area contributed by atoms with Gasteiger partial charge in [0, 0.05) is 17.0 Å². The Balaban J connectivity index is 1.99. The molecule has 2 rings (SSSR count). The number of aliphatic hydroxyl groups excluding tert-OH is 1. The number of thiophene rings is 1. The van der Waals surface area contributed by atoms with Crippen LogP contribution in [0.25, 0.3) is 0 Å². The van der Waals surface area contributed by atoms with Crippen LogP contribution in [0.2, 0.25) is 0 Å². The summed E-state index contributed by atoms with van der Waals surface area (Å²) >= 11 is 1.43. The fourth-order valence-corrected chi connectivity index (χ4v) is 3.14. The van der Waals surface area contributed by atoms with Gasteiger partial charge < -0.3 is 10.4 Å². The molecule has 1 heterocycles. The molecule has 3 nitrogen and oxygen atoms in total. The summed E-state index contributed by atoms with van der Waals surface area (Å²) in [6, 6.07) is 7.88. The molecule has 112 valence electrons. The van der Waals surface area contributed by atoms with E-state index in [0.717, 1.165) is 16.9 Å². The maximum absolute atomic E-state index is 13.5. The van der Waals surface area contributed by atoms with E-state index in [4.69, 9.17) is 0 Å². The first-order valence-corrected chi connectivity index (χ1v) is 7.64. The van der Waals surface area contributed by atoms with Crippen LogP contribution < -0.4 is 5.32 Å². The minimum atomic E-state index is -1.05. The Hall–Kier alpha value is -1.72. The summed E-state index contributed by atoms with van der Waals surface area (Å²) in [6.07, 6.45) is -0.171. The number of carbonyl (C=O) groups is 1. The minimum absolute atomic E-state index is 0.0157. The zero-order valence-electron chi connectivity index (χ0n) is 12.0. The Morgan fingerprint density at radius 1 is 1.43 bits per heavy atom. The zero-order chi connectivity index (χ0) is 15.4. The van der Waals surface area contributed by atoms with Gasteiger partial charge in [0.2, 0.25) is 0 Å². The lowest BCUT2D eigenvalue weighted by Crippen LogP contribution is -2.28. The van der Waals surface area contributed by atoms with Crippen LogP contribution in [0.15, 0.2) is 30.3 Å². The van der Waals surface area contributed by atoms with Crippen molar-refractivity contribution in [2.45, 2.75) is 26.4 Å². The highest BCUT2D eigenvalue weighted by atomic mass is 32.1. The van der Waals surface area contributed by atoms with Gasteiger partial charge in [0.1, 0.15) is 5.82 Å². The molecule has 0 saturated carbocycles. The van der Waals surface area contributed by atoms with E-state index in [1.165, 1.54) is 23.5 Å². The van der Waals surface area contributed by atoms with E-state index in [2.05, 4.69) is 5.32 Å². The molecular formula is C16H18FNO2S. The molecule has 2 N–H and O–H groups in total. The van der Waals surface area contributed by atoms with Crippen LogP contribution in [0.3, 0.4) is 0 Å². The molecule has 5 heteroatoms. The average Bonchev–Trinajstić information content (AvgIpc) is 2.86. The predicted octanol–water partition coefficient (Wildman–Crippen LogP) is 3.22. The van der Waals surface area contributed by atoms with Crippen molar-refractivity contribution in [1.82, 2.24) is 5.32 Å². The Labute approximate surface area is 127 Å². The molecule has 0 radical (unpaired) electrons. The third kappa shape index (κ3) is 3.68. The van der Waals surface area contributed by atoms with Crippen molar-refractivity contribution >= 4 is 17.2 Å². The number of hydrogen-bond acceptors (Lipinski definition) is 3. The van der Waals surface area contributed by atoms with Gasteiger partial charge in [-0.3, -0.25) is 4.79 Å². The number of rotatable bonds is 5. The van der Waals surface area contributed by atoms with E-state index in [-0.39, 0.29) is 18.0 Å². The molecule has 1 unspecified atom stereocenters. The third-order valence-electron chi connectivity index (χ3n) is 3.35. The number of carbonyl (C=O) groups excluding carboxylic acids is 1. The van der Waals surface area contributed by atoms with Crippen molar-refractivity contribution in [3.8, 4) is 0 Å². The molecule has 0 aliphatic carbocycles. The lowest BCUT2D eigenvalue weighted by molar-refractivity contribution is 0.0918. The second kappa shape index (κ2) is 6.83. The van der Waals surface area contributed by atoms with Crippen LogP contribution in [0.5, 0.6) is 0 Å². The van der Waals surface area contributed by atoms with E-state index in [9.17, 15) is 14.3 Å². The highest BCUT2D eigenvalue weighted by Crippen LogP contribution is 2.22. The first kappa shape index (κ1) is 15.7. The van der Waals surface area contributed by atoms with Crippen LogP contribution in [0.1, 0.15) is 38.7 Å². The molecule has 1 amide bonds. The summed E-state index contributed by atoms with van der Waals surface area (Å²) in [7, 11) is 0. The predicted molar refractivity (Wildman–Crippen MR) is 82.1 cm³/mol. The monoisotopic (exact) mass is 307 g/mol. The van der Waals surface area contributed by atoms with Gasteiger partial charge >= 0.3 is 0 Å². The molecule has 0 aliphatic rings. The second-order valence-electron chi connectivity index (χ2n) is 4.79. The van der Waals surface area contributed by atoms with E-state index in [1.54, 1.807) is 12.1 Å². The van der Waals surface area contributed by atoms with Gasteiger partial charge in [0.25, 0.3) is 5.91 Å². The van der Waals surface area contributed by atoms with Crippen LogP contribution in [0, 0.1) is 12.7 Å². The highest BCUT2D eigenvalue weighted by molar-refractivity contribution is 7.14. The average molecular weight is 307 g/mol. The van der Waals surface area contributed by atoms with E-state index < -0.39 is 11.9 Å². The second-order valence-corrected chi connectivity index (χ2v) is 6.05. The van der Waals surface area contributed by atoms with Gasteiger partial charge in [-0.05, 0) is 31.0 Å². The van der Waals surface area contributed by atoms with Gasteiger partial charge in [0.15, 0.2) is 0 Å². The van der Waals surface area contributed by atoms with Gasteiger partial charge in [-0.2, -0.15) is 0 Å². The first-order valence-electron chi connectivity index (χ1n) is 6.83. The summed E-state index contributed by atoms with van der Waals surface area (Å²) in [4.78, 5) is 13.8. The first-order chi connectivity index (χ1) is 10.0. The zero-order valence-corrected chi connectivity index (χ0v) is 12.8. The number of hydrogen-bond donors (Lipinski definition) is 2. The Morgan fingerprint density at radius 2 is 2.14 bits per heavy atom. The Kier molecular flexibility index (Phi) is 5.09. The van der Waals surface area contributed by atoms with Gasteiger partial charge in [-0.25, -0.2) is 4.39 Å². The van der Waals surface area contributed by atoms with Crippen molar-refractivity contribution in [1.29, 1.82) is 0 Å². The van der Waals surface area contributed by atoms with Crippen LogP contribution in [-0.4, -0.2) is 17.6 Å². The SMILES string of the molecule is CCc1cc(C(=O)NCC(O)c2ccccc2F)sc1C. The number of nitrogens with one attached hydrogen (secondary N) is 1. The van der Waals surface area contributed by atoms with Crippen molar-refractivity contribution < 1.29 is 14.3 Å². The van der Waals surface area contributed by atoms with E-state index in [0.29, 0.717) is 4.88 Å². The smallest absolute Gasteiger partial charge is 0.261 e. The lowest BCUT2D eigenvalue weighted by Gasteiger charge is -2.12. The lowest BCUT2D eigenvalue weighted by atomic mass is 10.1. The number of benzene rings is 1. The Bertz CT molecular complexity index is 639. The highest BCUT2D eigenvalue weighted by Gasteiger charge is 2.16. The fraction of sp³-hybridized carbons (Fsp3) is 0.312. The molecule has 1 atom stereocenters. The van der Waals surface area contributed by atoms with Crippen molar-refractivity contribution in [2.75, 3.05) is 6.54 Å². The maximum atomic E-state index is 13.5. The van der Waals surface area contributed by atoms with Crippen LogP contribution >= 0.6 is 11.3 Å². The molecule has 1 aromatic heterocycles. The minimum Gasteiger partial charge on any atom is -0.386 e. The molecule has 0 aliphatic heterocycles. The van der Waals surface area contributed by atoms with Crippen LogP contribution in [-0.2, 0) is 6.42 Å². The molecular weight excluding hydrogens is 289 g/mol. The largest absolute Gasteiger partial charge is 0.386 e. The standard InChI is InChI=1S/C16H18FNO2S/c1-3-11-8-15(21-10(11)2)16(20)18-9-14(19)12-6-4-5-7-13(12)17/h4-8,14,19H,3,9H2,1-2H3,(H,18,20). The maximum Gasteiger partial charge on any atom is 0.261 e. The van der Waals surface area contributed by atoms with Gasteiger partial charge in [0.05, 0.1) is 11.0 Å². The molecule has 0 spiro atoms. The van der Waals surface area contributed by atoms with Crippen molar-refractivity contribution in [3.05, 3.63) is 57.0 Å². The topological polar surface area (TPSA) is 49.3 Å². The van der Waals surface area contributed by atoms with E-state index >= 15 is 0 Å². The van der Waals surface area contributed by atoms with Crippen molar-refractivity contribution in [3.63, 3.8) is 0 Å². The molecule has 0 saturated heterocycles. The normalized spacial score (nSPS) is 12.2. The summed E-state index contributed by atoms with van der Waals surface area (Å²) in [6.45, 7) is 4.01. The van der Waals surface area contributed by atoms with E-state index in [1.807, 2.05) is 19.9 Å². The molecule has 0 bridgehead atoms. The number of halogens is 1. The van der Waals surface area contributed by atoms with Crippen molar-refractivity contribution in [2.24, 2.45) is 0 Å². The van der Waals surface area contributed by atoms with Gasteiger partial charge in [-0.15, -0.1) is 11.3 Å². The number of aliphatic hydroxyl groups is 1. The molecule has 2 aromatic rings. The summed E-state index contributed by atoms with van der Waals surface area (Å²) in [5.74, 6) is -0.710. The Morgan fingerprint density at radius 3 is 2.76 bits per heavy atom. The fourth-order valence-electron chi connectivity index (χ4n) is 2.11. The summed E-state index contributed by atoms with van der Waals surface area (Å²) in [5, 5.41) is 12.6. The number of aryl methyl sites for hydroxylation is 2. The van der Waals surface area contributed by atoms with Gasteiger partial charge in [-0.1, -0.05) is 25.1 Å². The molecule has 0 fully saturated rings. The quantitative estimate of drug-likeness (QED) is 0.891. The molecule has 1 aromatic carbocycles.